The van der Waals surface area contributed by atoms with E-state index in [0.717, 1.165) is 25.2 Å². The van der Waals surface area contributed by atoms with Gasteiger partial charge in [-0.3, -0.25) is 9.69 Å². The standard InChI is InChI=1S/C21H35N5O3.HI/c1-4-17-7-6-8-18(13-17)25-19(27)14-23-20(22-5-2)24-15-21(3,28)16-26-9-11-29-12-10-26;/h6-8,13,28H,4-5,9-12,14-16H2,1-3H3,(H,25,27)(H2,22,23,24);1H. The Bertz CT molecular complexity index is 678. The fourth-order valence-electron chi connectivity index (χ4n) is 3.13. The predicted octanol–water partition coefficient (Wildman–Crippen LogP) is 1.44. The molecule has 2 rings (SSSR count). The number of nitrogens with one attached hydrogen (secondary N) is 3. The van der Waals surface area contributed by atoms with Crippen molar-refractivity contribution in [1.29, 1.82) is 0 Å². The summed E-state index contributed by atoms with van der Waals surface area (Å²) < 4.78 is 5.35. The van der Waals surface area contributed by atoms with Gasteiger partial charge in [-0.25, -0.2) is 4.99 Å². The fraction of sp³-hybridized carbons (Fsp3) is 0.619. The molecule has 0 bridgehead atoms. The molecule has 9 heteroatoms. The van der Waals surface area contributed by atoms with E-state index < -0.39 is 5.60 Å². The van der Waals surface area contributed by atoms with Gasteiger partial charge in [-0.15, -0.1) is 24.0 Å². The molecule has 170 valence electrons. The Labute approximate surface area is 196 Å². The number of nitrogens with zero attached hydrogens (tertiary/aromatic N) is 2. The number of halogens is 1. The van der Waals surface area contributed by atoms with Crippen LogP contribution in [0.3, 0.4) is 0 Å². The molecule has 0 aromatic heterocycles. The number of rotatable bonds is 9. The molecule has 1 aliphatic rings. The van der Waals surface area contributed by atoms with Gasteiger partial charge in [0.15, 0.2) is 5.96 Å². The number of carbonyl (C=O) groups excluding carboxylic acids is 1. The largest absolute Gasteiger partial charge is 0.387 e. The summed E-state index contributed by atoms with van der Waals surface area (Å²) in [6.45, 7) is 10.4. The van der Waals surface area contributed by atoms with Crippen molar-refractivity contribution in [3.63, 3.8) is 0 Å². The maximum absolute atomic E-state index is 12.2. The highest BCUT2D eigenvalue weighted by molar-refractivity contribution is 14.0. The second-order valence-corrected chi connectivity index (χ2v) is 7.54. The number of β-amino-alcohol motifs (C(OH)–C–C–N with tert-alkyl or cyclic N) is 1. The lowest BCUT2D eigenvalue weighted by Crippen LogP contribution is -2.53. The quantitative estimate of drug-likeness (QED) is 0.218. The first-order valence-corrected chi connectivity index (χ1v) is 10.4. The SMILES string of the molecule is CCNC(=NCC(=O)Nc1cccc(CC)c1)NCC(C)(O)CN1CCOCC1.I. The van der Waals surface area contributed by atoms with E-state index in [9.17, 15) is 9.90 Å². The van der Waals surface area contributed by atoms with Crippen LogP contribution < -0.4 is 16.0 Å². The zero-order chi connectivity index (χ0) is 21.1. The summed E-state index contributed by atoms with van der Waals surface area (Å²) in [6, 6.07) is 7.80. The van der Waals surface area contributed by atoms with Crippen LogP contribution in [0.2, 0.25) is 0 Å². The molecule has 1 fully saturated rings. The fourth-order valence-corrected chi connectivity index (χ4v) is 3.13. The van der Waals surface area contributed by atoms with E-state index in [0.29, 0.717) is 38.8 Å². The second kappa shape index (κ2) is 13.8. The minimum absolute atomic E-state index is 0. The highest BCUT2D eigenvalue weighted by atomic mass is 127. The zero-order valence-corrected chi connectivity index (χ0v) is 20.6. The summed E-state index contributed by atoms with van der Waals surface area (Å²) in [5, 5.41) is 19.8. The number of morpholine rings is 1. The van der Waals surface area contributed by atoms with Crippen LogP contribution in [-0.2, 0) is 16.0 Å². The molecule has 1 unspecified atom stereocenters. The van der Waals surface area contributed by atoms with Gasteiger partial charge in [0.1, 0.15) is 6.54 Å². The Balaban J connectivity index is 0.00000450. The average molecular weight is 533 g/mol. The van der Waals surface area contributed by atoms with E-state index in [1.165, 1.54) is 5.56 Å². The third-order valence-corrected chi connectivity index (χ3v) is 4.65. The monoisotopic (exact) mass is 533 g/mol. The number of hydrogen-bond acceptors (Lipinski definition) is 5. The molecule has 1 saturated heterocycles. The number of aliphatic imine (C=N–C) groups is 1. The van der Waals surface area contributed by atoms with Gasteiger partial charge in [0, 0.05) is 38.4 Å². The third kappa shape index (κ3) is 10.1. The number of amides is 1. The number of benzene rings is 1. The summed E-state index contributed by atoms with van der Waals surface area (Å²) in [5.41, 5.74) is 1.02. The van der Waals surface area contributed by atoms with Crippen LogP contribution in [0.25, 0.3) is 0 Å². The predicted molar refractivity (Wildman–Crippen MR) is 132 cm³/mol. The van der Waals surface area contributed by atoms with E-state index in [4.69, 9.17) is 4.74 Å². The van der Waals surface area contributed by atoms with Gasteiger partial charge in [-0.1, -0.05) is 19.1 Å². The van der Waals surface area contributed by atoms with Crippen molar-refractivity contribution in [3.8, 4) is 0 Å². The van der Waals surface area contributed by atoms with Crippen molar-refractivity contribution in [2.75, 3.05) is 57.8 Å². The maximum atomic E-state index is 12.2. The highest BCUT2D eigenvalue weighted by Crippen LogP contribution is 2.11. The Hall–Kier alpha value is -1.43. The maximum Gasteiger partial charge on any atom is 0.246 e. The molecule has 1 atom stereocenters. The Morgan fingerprint density at radius 3 is 2.67 bits per heavy atom. The first-order valence-electron chi connectivity index (χ1n) is 10.4. The van der Waals surface area contributed by atoms with Crippen molar-refractivity contribution >= 4 is 41.5 Å². The topological polar surface area (TPSA) is 98.2 Å². The lowest BCUT2D eigenvalue weighted by atomic mass is 10.1. The first kappa shape index (κ1) is 26.6. The van der Waals surface area contributed by atoms with Gasteiger partial charge in [-0.2, -0.15) is 0 Å². The van der Waals surface area contributed by atoms with Crippen molar-refractivity contribution < 1.29 is 14.6 Å². The Morgan fingerprint density at radius 1 is 1.27 bits per heavy atom. The summed E-state index contributed by atoms with van der Waals surface area (Å²) in [7, 11) is 0. The van der Waals surface area contributed by atoms with Crippen molar-refractivity contribution in [1.82, 2.24) is 15.5 Å². The molecule has 30 heavy (non-hydrogen) atoms. The molecule has 1 aromatic carbocycles. The molecule has 1 heterocycles. The summed E-state index contributed by atoms with van der Waals surface area (Å²) in [4.78, 5) is 18.8. The van der Waals surface area contributed by atoms with E-state index in [-0.39, 0.29) is 36.4 Å². The number of ether oxygens (including phenoxy) is 1. The summed E-state index contributed by atoms with van der Waals surface area (Å²) in [5.74, 6) is 0.322. The van der Waals surface area contributed by atoms with E-state index in [1.807, 2.05) is 31.2 Å². The molecule has 0 radical (unpaired) electrons. The molecule has 1 aromatic rings. The van der Waals surface area contributed by atoms with Crippen LogP contribution in [0.4, 0.5) is 5.69 Å². The number of aryl methyl sites for hydroxylation is 1. The minimum atomic E-state index is -0.920. The molecular formula is C21H36IN5O3. The molecule has 1 aliphatic heterocycles. The van der Waals surface area contributed by atoms with Crippen LogP contribution in [0.5, 0.6) is 0 Å². The number of anilines is 1. The van der Waals surface area contributed by atoms with Crippen molar-refractivity contribution in [3.05, 3.63) is 29.8 Å². The van der Waals surface area contributed by atoms with E-state index >= 15 is 0 Å². The van der Waals surface area contributed by atoms with Crippen LogP contribution in [0.1, 0.15) is 26.3 Å². The number of hydrogen-bond donors (Lipinski definition) is 4. The van der Waals surface area contributed by atoms with Crippen LogP contribution >= 0.6 is 24.0 Å². The van der Waals surface area contributed by atoms with Crippen molar-refractivity contribution in [2.45, 2.75) is 32.8 Å². The van der Waals surface area contributed by atoms with Crippen molar-refractivity contribution in [2.24, 2.45) is 4.99 Å². The molecule has 0 aliphatic carbocycles. The Kier molecular flexibility index (Phi) is 12.2. The van der Waals surface area contributed by atoms with Crippen LogP contribution in [-0.4, -0.2) is 80.0 Å². The van der Waals surface area contributed by atoms with Gasteiger partial charge in [0.2, 0.25) is 5.91 Å². The normalized spacial score (nSPS) is 16.9. The van der Waals surface area contributed by atoms with Gasteiger partial charge in [0.05, 0.1) is 18.8 Å². The lowest BCUT2D eigenvalue weighted by Gasteiger charge is -2.34. The van der Waals surface area contributed by atoms with Gasteiger partial charge < -0.3 is 25.8 Å². The molecule has 0 saturated carbocycles. The molecular weight excluding hydrogens is 497 g/mol. The minimum Gasteiger partial charge on any atom is -0.387 e. The molecule has 0 spiro atoms. The number of aliphatic hydroxyl groups is 1. The molecule has 4 N–H and O–H groups in total. The second-order valence-electron chi connectivity index (χ2n) is 7.54. The smallest absolute Gasteiger partial charge is 0.246 e. The first-order chi connectivity index (χ1) is 13.9. The van der Waals surface area contributed by atoms with Gasteiger partial charge >= 0.3 is 0 Å². The molecule has 8 nitrogen and oxygen atoms in total. The summed E-state index contributed by atoms with van der Waals surface area (Å²) in [6.07, 6.45) is 0.917. The van der Waals surface area contributed by atoms with Gasteiger partial charge in [-0.05, 0) is 38.0 Å². The number of guanidine groups is 1. The third-order valence-electron chi connectivity index (χ3n) is 4.65. The Morgan fingerprint density at radius 2 is 2.00 bits per heavy atom. The molecule has 1 amide bonds. The van der Waals surface area contributed by atoms with E-state index in [2.05, 4.69) is 32.8 Å². The highest BCUT2D eigenvalue weighted by Gasteiger charge is 2.25. The average Bonchev–Trinajstić information content (AvgIpc) is 2.70. The zero-order valence-electron chi connectivity index (χ0n) is 18.2. The van der Waals surface area contributed by atoms with E-state index in [1.54, 1.807) is 6.92 Å². The lowest BCUT2D eigenvalue weighted by molar-refractivity contribution is -0.114. The summed E-state index contributed by atoms with van der Waals surface area (Å²) >= 11 is 0. The van der Waals surface area contributed by atoms with Crippen LogP contribution in [0, 0.1) is 0 Å². The van der Waals surface area contributed by atoms with Crippen LogP contribution in [0.15, 0.2) is 29.3 Å². The number of carbonyl (C=O) groups is 1. The van der Waals surface area contributed by atoms with Gasteiger partial charge in [0.25, 0.3) is 0 Å².